The fourth-order valence-electron chi connectivity index (χ4n) is 2.62. The molecule has 1 saturated heterocycles. The highest BCUT2D eigenvalue weighted by molar-refractivity contribution is 5.44. The van der Waals surface area contributed by atoms with Crippen LogP contribution < -0.4 is 10.2 Å². The zero-order chi connectivity index (χ0) is 13.7. The summed E-state index contributed by atoms with van der Waals surface area (Å²) in [6.07, 6.45) is 5.96. The maximum absolute atomic E-state index is 9.38. The molecule has 1 aliphatic rings. The third-order valence-corrected chi connectivity index (χ3v) is 3.97. The zero-order valence-corrected chi connectivity index (χ0v) is 11.9. The SMILES string of the molecule is CC(C)C(CO)NC1CCN(c2ccncc2)CC1. The van der Waals surface area contributed by atoms with Crippen LogP contribution >= 0.6 is 0 Å². The van der Waals surface area contributed by atoms with Crippen molar-refractivity contribution in [1.29, 1.82) is 0 Å². The van der Waals surface area contributed by atoms with Gasteiger partial charge in [-0.1, -0.05) is 13.8 Å². The lowest BCUT2D eigenvalue weighted by atomic mass is 9.99. The van der Waals surface area contributed by atoms with E-state index in [1.807, 2.05) is 12.4 Å². The zero-order valence-electron chi connectivity index (χ0n) is 11.9. The van der Waals surface area contributed by atoms with E-state index in [1.165, 1.54) is 5.69 Å². The second-order valence-electron chi connectivity index (χ2n) is 5.67. The van der Waals surface area contributed by atoms with Gasteiger partial charge in [0.1, 0.15) is 0 Å². The molecule has 19 heavy (non-hydrogen) atoms. The molecule has 2 rings (SSSR count). The molecule has 0 aliphatic carbocycles. The van der Waals surface area contributed by atoms with Crippen molar-refractivity contribution < 1.29 is 5.11 Å². The van der Waals surface area contributed by atoms with Gasteiger partial charge in [0.15, 0.2) is 0 Å². The summed E-state index contributed by atoms with van der Waals surface area (Å²) in [6.45, 7) is 6.66. The van der Waals surface area contributed by atoms with Crippen molar-refractivity contribution in [1.82, 2.24) is 10.3 Å². The van der Waals surface area contributed by atoms with Gasteiger partial charge in [0, 0.05) is 43.3 Å². The van der Waals surface area contributed by atoms with Crippen LogP contribution in [0.2, 0.25) is 0 Å². The minimum atomic E-state index is 0.220. The van der Waals surface area contributed by atoms with Crippen LogP contribution in [0.1, 0.15) is 26.7 Å². The molecule has 4 heteroatoms. The largest absolute Gasteiger partial charge is 0.395 e. The van der Waals surface area contributed by atoms with Gasteiger partial charge in [-0.15, -0.1) is 0 Å². The first kappa shape index (κ1) is 14.3. The van der Waals surface area contributed by atoms with Crippen LogP contribution in [0.3, 0.4) is 0 Å². The maximum Gasteiger partial charge on any atom is 0.0587 e. The maximum atomic E-state index is 9.38. The number of nitrogens with one attached hydrogen (secondary N) is 1. The van der Waals surface area contributed by atoms with Gasteiger partial charge in [0.25, 0.3) is 0 Å². The summed E-state index contributed by atoms with van der Waals surface area (Å²) < 4.78 is 0. The Morgan fingerprint density at radius 3 is 2.47 bits per heavy atom. The van der Waals surface area contributed by atoms with Gasteiger partial charge in [-0.3, -0.25) is 4.98 Å². The third kappa shape index (κ3) is 3.91. The van der Waals surface area contributed by atoms with Crippen molar-refractivity contribution in [3.05, 3.63) is 24.5 Å². The molecule has 106 valence electrons. The van der Waals surface area contributed by atoms with Crippen molar-refractivity contribution in [2.75, 3.05) is 24.6 Å². The molecule has 4 nitrogen and oxygen atoms in total. The Hall–Kier alpha value is -1.13. The number of anilines is 1. The molecule has 0 radical (unpaired) electrons. The topological polar surface area (TPSA) is 48.4 Å². The molecular formula is C15H25N3O. The average Bonchev–Trinajstić information content (AvgIpc) is 2.46. The van der Waals surface area contributed by atoms with E-state index < -0.39 is 0 Å². The van der Waals surface area contributed by atoms with Crippen molar-refractivity contribution in [3.8, 4) is 0 Å². The fourth-order valence-corrected chi connectivity index (χ4v) is 2.62. The number of hydrogen-bond acceptors (Lipinski definition) is 4. The van der Waals surface area contributed by atoms with Gasteiger partial charge >= 0.3 is 0 Å². The summed E-state index contributed by atoms with van der Waals surface area (Å²) in [4.78, 5) is 6.46. The average molecular weight is 263 g/mol. The van der Waals surface area contributed by atoms with Gasteiger partial charge in [0.05, 0.1) is 6.61 Å². The Kier molecular flexibility index (Phi) is 5.16. The summed E-state index contributed by atoms with van der Waals surface area (Å²) in [5.74, 6) is 0.475. The molecule has 0 aromatic carbocycles. The van der Waals surface area contributed by atoms with Crippen molar-refractivity contribution in [2.45, 2.75) is 38.8 Å². The number of rotatable bonds is 5. The molecule has 0 saturated carbocycles. The second-order valence-corrected chi connectivity index (χ2v) is 5.67. The quantitative estimate of drug-likeness (QED) is 0.848. The van der Waals surface area contributed by atoms with Crippen LogP contribution in [-0.4, -0.2) is 41.9 Å². The third-order valence-electron chi connectivity index (χ3n) is 3.97. The summed E-state index contributed by atoms with van der Waals surface area (Å²) in [6, 6.07) is 4.88. The lowest BCUT2D eigenvalue weighted by Crippen LogP contribution is -2.49. The predicted molar refractivity (Wildman–Crippen MR) is 78.3 cm³/mol. The number of piperidine rings is 1. The molecule has 2 heterocycles. The van der Waals surface area contributed by atoms with E-state index >= 15 is 0 Å². The van der Waals surface area contributed by atoms with Crippen molar-refractivity contribution >= 4 is 5.69 Å². The number of aliphatic hydroxyl groups is 1. The molecule has 0 amide bonds. The summed E-state index contributed by atoms with van der Waals surface area (Å²) in [5.41, 5.74) is 1.26. The molecule has 1 fully saturated rings. The molecule has 1 aromatic heterocycles. The Labute approximate surface area is 115 Å². The first-order chi connectivity index (χ1) is 9.20. The molecule has 0 bridgehead atoms. The van der Waals surface area contributed by atoms with Crippen LogP contribution in [0.25, 0.3) is 0 Å². The predicted octanol–water partition coefficient (Wildman–Crippen LogP) is 1.66. The lowest BCUT2D eigenvalue weighted by molar-refractivity contribution is 0.192. The lowest BCUT2D eigenvalue weighted by Gasteiger charge is -2.36. The number of nitrogens with zero attached hydrogens (tertiary/aromatic N) is 2. The number of aliphatic hydroxyl groups excluding tert-OH is 1. The van der Waals surface area contributed by atoms with Crippen molar-refractivity contribution in [3.63, 3.8) is 0 Å². The molecule has 1 unspecified atom stereocenters. The number of pyridine rings is 1. The van der Waals surface area contributed by atoms with E-state index in [0.717, 1.165) is 25.9 Å². The van der Waals surface area contributed by atoms with E-state index in [0.29, 0.717) is 12.0 Å². The first-order valence-corrected chi connectivity index (χ1v) is 7.22. The van der Waals surface area contributed by atoms with Crippen LogP contribution in [0.4, 0.5) is 5.69 Å². The first-order valence-electron chi connectivity index (χ1n) is 7.22. The smallest absolute Gasteiger partial charge is 0.0587 e. The Balaban J connectivity index is 1.82. The molecule has 2 N–H and O–H groups in total. The van der Waals surface area contributed by atoms with Crippen LogP contribution in [0.5, 0.6) is 0 Å². The minimum absolute atomic E-state index is 0.220. The van der Waals surface area contributed by atoms with Crippen LogP contribution in [0.15, 0.2) is 24.5 Å². The highest BCUT2D eigenvalue weighted by Crippen LogP contribution is 2.19. The van der Waals surface area contributed by atoms with Crippen molar-refractivity contribution in [2.24, 2.45) is 5.92 Å². The van der Waals surface area contributed by atoms with E-state index in [9.17, 15) is 5.11 Å². The standard InChI is InChI=1S/C15H25N3O/c1-12(2)15(11-19)17-13-5-9-18(10-6-13)14-3-7-16-8-4-14/h3-4,7-8,12-13,15,17,19H,5-6,9-11H2,1-2H3. The number of aromatic nitrogens is 1. The Morgan fingerprint density at radius 1 is 1.32 bits per heavy atom. The molecule has 1 aliphatic heterocycles. The van der Waals surface area contributed by atoms with Gasteiger partial charge in [-0.25, -0.2) is 0 Å². The van der Waals surface area contributed by atoms with Crippen LogP contribution in [-0.2, 0) is 0 Å². The van der Waals surface area contributed by atoms with Gasteiger partial charge < -0.3 is 15.3 Å². The van der Waals surface area contributed by atoms with E-state index in [-0.39, 0.29) is 12.6 Å². The van der Waals surface area contributed by atoms with Crippen LogP contribution in [0, 0.1) is 5.92 Å². The minimum Gasteiger partial charge on any atom is -0.395 e. The van der Waals surface area contributed by atoms with E-state index in [4.69, 9.17) is 0 Å². The van der Waals surface area contributed by atoms with Gasteiger partial charge in [-0.2, -0.15) is 0 Å². The Bertz CT molecular complexity index is 361. The molecule has 1 aromatic rings. The second kappa shape index (κ2) is 6.87. The molecular weight excluding hydrogens is 238 g/mol. The highest BCUT2D eigenvalue weighted by atomic mass is 16.3. The summed E-state index contributed by atoms with van der Waals surface area (Å²) in [7, 11) is 0. The van der Waals surface area contributed by atoms with E-state index in [2.05, 4.69) is 41.2 Å². The monoisotopic (exact) mass is 263 g/mol. The molecule has 0 spiro atoms. The summed E-state index contributed by atoms with van der Waals surface area (Å²) >= 11 is 0. The van der Waals surface area contributed by atoms with Gasteiger partial charge in [0.2, 0.25) is 0 Å². The highest BCUT2D eigenvalue weighted by Gasteiger charge is 2.22. The fraction of sp³-hybridized carbons (Fsp3) is 0.667. The Morgan fingerprint density at radius 2 is 1.95 bits per heavy atom. The van der Waals surface area contributed by atoms with Gasteiger partial charge in [-0.05, 0) is 30.9 Å². The van der Waals surface area contributed by atoms with E-state index in [1.54, 1.807) is 0 Å². The normalized spacial score (nSPS) is 18.8. The molecule has 1 atom stereocenters. The summed E-state index contributed by atoms with van der Waals surface area (Å²) in [5, 5.41) is 13.0. The number of hydrogen-bond donors (Lipinski definition) is 2.